The van der Waals surface area contributed by atoms with Gasteiger partial charge < -0.3 is 20.1 Å². The predicted molar refractivity (Wildman–Crippen MR) is 143 cm³/mol. The van der Waals surface area contributed by atoms with E-state index in [2.05, 4.69) is 50.6 Å². The van der Waals surface area contributed by atoms with E-state index in [4.69, 9.17) is 10.7 Å². The Kier molecular flexibility index (Phi) is 6.53. The average Bonchev–Trinajstić information content (AvgIpc) is 2.86. The molecule has 0 unspecified atom stereocenters. The predicted octanol–water partition coefficient (Wildman–Crippen LogP) is 1.97. The van der Waals surface area contributed by atoms with Crippen LogP contribution in [-0.4, -0.2) is 69.2 Å². The van der Waals surface area contributed by atoms with Gasteiger partial charge >= 0.3 is 0 Å². The molecule has 0 amide bonds. The van der Waals surface area contributed by atoms with Crippen LogP contribution in [0.3, 0.4) is 0 Å². The fourth-order valence-corrected chi connectivity index (χ4v) is 5.18. The van der Waals surface area contributed by atoms with Crippen LogP contribution < -0.4 is 21.1 Å². The molecular formula is C27H36N8O. The maximum Gasteiger partial charge on any atom is 0.253 e. The first-order chi connectivity index (χ1) is 17.2. The second kappa shape index (κ2) is 9.63. The first-order valence-electron chi connectivity index (χ1n) is 12.7. The van der Waals surface area contributed by atoms with E-state index in [-0.39, 0.29) is 11.1 Å². The fourth-order valence-electron chi connectivity index (χ4n) is 5.18. The minimum absolute atomic E-state index is 0.0389. The Morgan fingerprint density at radius 1 is 1.06 bits per heavy atom. The van der Waals surface area contributed by atoms with E-state index in [9.17, 15) is 4.79 Å². The number of aromatic nitrogens is 4. The highest BCUT2D eigenvalue weighted by Gasteiger charge is 2.36. The quantitative estimate of drug-likeness (QED) is 0.563. The Labute approximate surface area is 212 Å². The molecule has 2 aliphatic rings. The van der Waals surface area contributed by atoms with Crippen molar-refractivity contribution in [2.24, 2.45) is 12.8 Å². The van der Waals surface area contributed by atoms with Crippen LogP contribution in [0, 0.1) is 6.92 Å². The summed E-state index contributed by atoms with van der Waals surface area (Å²) in [5, 5.41) is 0. The summed E-state index contributed by atoms with van der Waals surface area (Å²) in [5.41, 5.74) is 11.1. The highest BCUT2D eigenvalue weighted by molar-refractivity contribution is 5.67. The molecule has 0 saturated carbocycles. The lowest BCUT2D eigenvalue weighted by Gasteiger charge is -2.45. The third-order valence-corrected chi connectivity index (χ3v) is 7.15. The van der Waals surface area contributed by atoms with Crippen molar-refractivity contribution in [1.82, 2.24) is 24.4 Å². The molecule has 2 saturated heterocycles. The van der Waals surface area contributed by atoms with Crippen molar-refractivity contribution < 1.29 is 0 Å². The minimum Gasteiger partial charge on any atom is -0.354 e. The van der Waals surface area contributed by atoms with E-state index < -0.39 is 0 Å². The largest absolute Gasteiger partial charge is 0.354 e. The summed E-state index contributed by atoms with van der Waals surface area (Å²) < 4.78 is 1.65. The number of rotatable bonds is 6. The number of nitrogens with zero attached hydrogens (tertiary/aromatic N) is 7. The molecule has 5 heterocycles. The minimum atomic E-state index is -0.130. The number of hydrogen-bond donors (Lipinski definition) is 1. The molecule has 0 aromatic carbocycles. The van der Waals surface area contributed by atoms with Gasteiger partial charge in [-0.25, -0.2) is 15.0 Å². The first kappa shape index (κ1) is 24.4. The van der Waals surface area contributed by atoms with E-state index in [0.29, 0.717) is 0 Å². The van der Waals surface area contributed by atoms with Crippen LogP contribution in [-0.2, 0) is 20.0 Å². The summed E-state index contributed by atoms with van der Waals surface area (Å²) in [6.07, 6.45) is 6.62. The van der Waals surface area contributed by atoms with E-state index in [0.717, 1.165) is 91.9 Å². The smallest absolute Gasteiger partial charge is 0.253 e. The van der Waals surface area contributed by atoms with Gasteiger partial charge in [0.25, 0.3) is 5.56 Å². The number of aryl methyl sites for hydroxylation is 3. The van der Waals surface area contributed by atoms with Gasteiger partial charge in [-0.05, 0) is 38.5 Å². The Balaban J connectivity index is 1.21. The van der Waals surface area contributed by atoms with Crippen molar-refractivity contribution in [3.05, 3.63) is 64.0 Å². The molecule has 3 aromatic heterocycles. The number of anilines is 2. The molecule has 2 aliphatic heterocycles. The number of nitrogens with two attached hydrogens (primary N) is 1. The Morgan fingerprint density at radius 3 is 2.36 bits per heavy atom. The maximum absolute atomic E-state index is 12.1. The molecule has 0 spiro atoms. The third kappa shape index (κ3) is 4.99. The van der Waals surface area contributed by atoms with Crippen molar-refractivity contribution in [3.8, 4) is 11.1 Å². The monoisotopic (exact) mass is 488 g/mol. The average molecular weight is 489 g/mol. The molecule has 0 bridgehead atoms. The second-order valence-electron chi connectivity index (χ2n) is 10.5. The van der Waals surface area contributed by atoms with Gasteiger partial charge in [0.05, 0.1) is 5.69 Å². The lowest BCUT2D eigenvalue weighted by molar-refractivity contribution is 0.248. The summed E-state index contributed by atoms with van der Waals surface area (Å²) in [5.74, 6) is 1.78. The summed E-state index contributed by atoms with van der Waals surface area (Å²) in [6.45, 7) is 12.3. The van der Waals surface area contributed by atoms with Crippen LogP contribution in [0.5, 0.6) is 0 Å². The van der Waals surface area contributed by atoms with Crippen molar-refractivity contribution in [1.29, 1.82) is 0 Å². The van der Waals surface area contributed by atoms with Gasteiger partial charge in [0.2, 0.25) is 5.95 Å². The number of piperazine rings is 1. The number of pyridine rings is 2. The Morgan fingerprint density at radius 2 is 1.75 bits per heavy atom. The zero-order valence-electron chi connectivity index (χ0n) is 21.7. The van der Waals surface area contributed by atoms with E-state index in [1.165, 1.54) is 0 Å². The SMILES string of the molecule is CCc1nc(N2CCN(Cc3cnc(N4CC(C)(N)C4)nc3)CC2)ccc1-c1cc(C)c(=O)n(C)c1. The third-order valence-electron chi connectivity index (χ3n) is 7.15. The lowest BCUT2D eigenvalue weighted by Crippen LogP contribution is -2.66. The molecular weight excluding hydrogens is 452 g/mol. The molecule has 5 rings (SSSR count). The molecule has 0 aliphatic carbocycles. The van der Waals surface area contributed by atoms with Crippen molar-refractivity contribution in [2.45, 2.75) is 39.3 Å². The van der Waals surface area contributed by atoms with Crippen LogP contribution >= 0.6 is 0 Å². The maximum atomic E-state index is 12.1. The Hall–Kier alpha value is -3.30. The van der Waals surface area contributed by atoms with E-state index >= 15 is 0 Å². The highest BCUT2D eigenvalue weighted by Crippen LogP contribution is 2.27. The molecule has 3 aromatic rings. The second-order valence-corrected chi connectivity index (χ2v) is 10.5. The molecule has 0 radical (unpaired) electrons. The molecule has 190 valence electrons. The van der Waals surface area contributed by atoms with E-state index in [1.54, 1.807) is 11.6 Å². The fraction of sp³-hybridized carbons (Fsp3) is 0.481. The zero-order valence-corrected chi connectivity index (χ0v) is 21.7. The molecule has 0 atom stereocenters. The van der Waals surface area contributed by atoms with Crippen LogP contribution in [0.15, 0.2) is 41.6 Å². The summed E-state index contributed by atoms with van der Waals surface area (Å²) in [6, 6.07) is 6.22. The molecule has 36 heavy (non-hydrogen) atoms. The van der Waals surface area contributed by atoms with Gasteiger partial charge in [0.15, 0.2) is 0 Å². The molecule has 2 fully saturated rings. The topological polar surface area (TPSA) is 96.4 Å². The summed E-state index contributed by atoms with van der Waals surface area (Å²) in [4.78, 5) is 33.2. The molecule has 9 nitrogen and oxygen atoms in total. The van der Waals surface area contributed by atoms with E-state index in [1.807, 2.05) is 31.6 Å². The number of hydrogen-bond acceptors (Lipinski definition) is 8. The van der Waals surface area contributed by atoms with Crippen molar-refractivity contribution in [2.75, 3.05) is 49.1 Å². The van der Waals surface area contributed by atoms with Gasteiger partial charge in [-0.2, -0.15) is 0 Å². The van der Waals surface area contributed by atoms with Crippen LogP contribution in [0.4, 0.5) is 11.8 Å². The lowest BCUT2D eigenvalue weighted by atomic mass is 9.94. The molecule has 2 N–H and O–H groups in total. The van der Waals surface area contributed by atoms with Crippen LogP contribution in [0.25, 0.3) is 11.1 Å². The van der Waals surface area contributed by atoms with Crippen LogP contribution in [0.2, 0.25) is 0 Å². The molecule has 9 heteroatoms. The Bertz CT molecular complexity index is 1260. The van der Waals surface area contributed by atoms with Gasteiger partial charge in [0.1, 0.15) is 5.82 Å². The first-order valence-corrected chi connectivity index (χ1v) is 12.7. The van der Waals surface area contributed by atoms with Crippen molar-refractivity contribution >= 4 is 11.8 Å². The van der Waals surface area contributed by atoms with Crippen LogP contribution in [0.1, 0.15) is 30.7 Å². The van der Waals surface area contributed by atoms with Gasteiger partial charge in [-0.3, -0.25) is 9.69 Å². The van der Waals surface area contributed by atoms with Gasteiger partial charge in [0, 0.05) is 99.2 Å². The zero-order chi connectivity index (χ0) is 25.4. The summed E-state index contributed by atoms with van der Waals surface area (Å²) in [7, 11) is 1.80. The van der Waals surface area contributed by atoms with Gasteiger partial charge in [-0.15, -0.1) is 0 Å². The highest BCUT2D eigenvalue weighted by atomic mass is 16.1. The van der Waals surface area contributed by atoms with Crippen molar-refractivity contribution in [3.63, 3.8) is 0 Å². The van der Waals surface area contributed by atoms with Gasteiger partial charge in [-0.1, -0.05) is 6.92 Å². The standard InChI is InChI=1S/C27H36N8O/c1-5-23-22(21-12-19(2)25(36)32(4)16-21)6-7-24(31-23)34-10-8-33(9-11-34)15-20-13-29-26(30-14-20)35-17-27(3,28)18-35/h6-7,12-14,16H,5,8-11,15,17-18,28H2,1-4H3. The normalized spacial score (nSPS) is 17.8. The summed E-state index contributed by atoms with van der Waals surface area (Å²) >= 11 is 0.